The third-order valence-corrected chi connectivity index (χ3v) is 8.18. The minimum absolute atomic E-state index is 0.181. The minimum Gasteiger partial charge on any atom is -0.460 e. The lowest BCUT2D eigenvalue weighted by Crippen LogP contribution is -2.35. The normalized spacial score (nSPS) is 13.7. The maximum Gasteiger partial charge on any atom is 0.252 e. The van der Waals surface area contributed by atoms with Gasteiger partial charge in [0.05, 0.1) is 22.3 Å². The Morgan fingerprint density at radius 1 is 1.00 bits per heavy atom. The van der Waals surface area contributed by atoms with E-state index in [2.05, 4.69) is 10.3 Å². The number of nitrogens with one attached hydrogen (secondary N) is 1. The largest absolute Gasteiger partial charge is 0.460 e. The number of amides is 2. The quantitative estimate of drug-likeness (QED) is 0.225. The number of halogens is 1. The zero-order valence-electron chi connectivity index (χ0n) is 23.4. The van der Waals surface area contributed by atoms with Gasteiger partial charge in [0.15, 0.2) is 0 Å². The van der Waals surface area contributed by atoms with Gasteiger partial charge in [-0.1, -0.05) is 24.3 Å². The standard InChI is InChI=1S/C35H27FN4O3/c1-20-2-5-23(34(42)40-35(13-14-35)31-11-7-24-19-38-15-12-28(24)39-31)18-26(20)22-6-10-29-27(17-22)32(33(37)41)30(43-29)16-21-3-8-25(36)9-4-21/h2-12,15,17-19H,13-14,16H2,1H3,(H2,37,41)(H,40,42). The summed E-state index contributed by atoms with van der Waals surface area (Å²) in [5, 5.41) is 4.77. The fourth-order valence-corrected chi connectivity index (χ4v) is 5.66. The molecule has 0 atom stereocenters. The van der Waals surface area contributed by atoms with Crippen LogP contribution in [0.4, 0.5) is 4.39 Å². The number of carbonyl (C=O) groups is 2. The predicted octanol–water partition coefficient (Wildman–Crippen LogP) is 6.60. The molecule has 43 heavy (non-hydrogen) atoms. The van der Waals surface area contributed by atoms with Crippen molar-refractivity contribution in [2.45, 2.75) is 31.7 Å². The number of primary amides is 1. The molecule has 7 nitrogen and oxygen atoms in total. The monoisotopic (exact) mass is 570 g/mol. The Morgan fingerprint density at radius 3 is 2.58 bits per heavy atom. The Hall–Kier alpha value is -5.37. The number of hydrogen-bond donors (Lipinski definition) is 2. The molecule has 3 N–H and O–H groups in total. The van der Waals surface area contributed by atoms with Gasteiger partial charge in [-0.2, -0.15) is 0 Å². The molecule has 3 aromatic carbocycles. The Kier molecular flexibility index (Phi) is 6.27. The van der Waals surface area contributed by atoms with Crippen molar-refractivity contribution in [3.8, 4) is 11.1 Å². The third-order valence-electron chi connectivity index (χ3n) is 8.18. The van der Waals surface area contributed by atoms with Crippen molar-refractivity contribution in [3.05, 3.63) is 131 Å². The topological polar surface area (TPSA) is 111 Å². The highest BCUT2D eigenvalue weighted by Crippen LogP contribution is 2.45. The summed E-state index contributed by atoms with van der Waals surface area (Å²) >= 11 is 0. The van der Waals surface area contributed by atoms with Gasteiger partial charge >= 0.3 is 0 Å². The number of nitrogens with two attached hydrogens (primary N) is 1. The van der Waals surface area contributed by atoms with E-state index in [0.717, 1.165) is 51.7 Å². The summed E-state index contributed by atoms with van der Waals surface area (Å²) in [6.45, 7) is 1.97. The molecule has 6 aromatic rings. The van der Waals surface area contributed by atoms with Crippen molar-refractivity contribution in [3.63, 3.8) is 0 Å². The summed E-state index contributed by atoms with van der Waals surface area (Å²) < 4.78 is 19.4. The number of hydrogen-bond acceptors (Lipinski definition) is 5. The Labute approximate surface area is 246 Å². The minimum atomic E-state index is -0.605. The second-order valence-corrected chi connectivity index (χ2v) is 11.1. The van der Waals surface area contributed by atoms with Gasteiger partial charge in [-0.05, 0) is 96.6 Å². The number of nitrogens with zero attached hydrogens (tertiary/aromatic N) is 2. The van der Waals surface area contributed by atoms with Crippen LogP contribution in [0.3, 0.4) is 0 Å². The highest BCUT2D eigenvalue weighted by atomic mass is 19.1. The van der Waals surface area contributed by atoms with Gasteiger partial charge in [0.2, 0.25) is 0 Å². The second-order valence-electron chi connectivity index (χ2n) is 11.1. The van der Waals surface area contributed by atoms with E-state index in [1.165, 1.54) is 12.1 Å². The van der Waals surface area contributed by atoms with E-state index in [1.807, 2.05) is 55.5 Å². The Bertz CT molecular complexity index is 2060. The zero-order chi connectivity index (χ0) is 29.7. The average Bonchev–Trinajstić information content (AvgIpc) is 3.70. The van der Waals surface area contributed by atoms with Gasteiger partial charge in [-0.25, -0.2) is 4.39 Å². The zero-order valence-corrected chi connectivity index (χ0v) is 23.4. The first kappa shape index (κ1) is 26.5. The van der Waals surface area contributed by atoms with Crippen molar-refractivity contribution in [2.75, 3.05) is 0 Å². The van der Waals surface area contributed by atoms with Crippen LogP contribution in [0.2, 0.25) is 0 Å². The molecular formula is C35H27FN4O3. The van der Waals surface area contributed by atoms with Crippen LogP contribution < -0.4 is 11.1 Å². The molecule has 1 fully saturated rings. The molecule has 0 saturated heterocycles. The number of fused-ring (bicyclic) bond motifs is 2. The average molecular weight is 571 g/mol. The molecule has 0 spiro atoms. The van der Waals surface area contributed by atoms with Crippen LogP contribution in [-0.2, 0) is 12.0 Å². The predicted molar refractivity (Wildman–Crippen MR) is 162 cm³/mol. The summed E-state index contributed by atoms with van der Waals surface area (Å²) in [7, 11) is 0. The van der Waals surface area contributed by atoms with Crippen LogP contribution in [0.5, 0.6) is 0 Å². The maximum atomic E-state index is 13.5. The van der Waals surface area contributed by atoms with Gasteiger partial charge in [0.25, 0.3) is 11.8 Å². The van der Waals surface area contributed by atoms with E-state index in [4.69, 9.17) is 15.1 Å². The van der Waals surface area contributed by atoms with Crippen LogP contribution >= 0.6 is 0 Å². The first-order chi connectivity index (χ1) is 20.8. The van der Waals surface area contributed by atoms with Crippen LogP contribution in [0.1, 0.15) is 56.1 Å². The van der Waals surface area contributed by atoms with E-state index in [1.54, 1.807) is 30.6 Å². The van der Waals surface area contributed by atoms with Gasteiger partial charge in [-0.15, -0.1) is 0 Å². The fourth-order valence-electron chi connectivity index (χ4n) is 5.66. The SMILES string of the molecule is Cc1ccc(C(=O)NC2(c3ccc4cnccc4n3)CC2)cc1-c1ccc2oc(Cc3ccc(F)cc3)c(C(N)=O)c2c1. The fraction of sp³-hybridized carbons (Fsp3) is 0.143. The first-order valence-electron chi connectivity index (χ1n) is 14.0. The lowest BCUT2D eigenvalue weighted by molar-refractivity contribution is 0.0929. The van der Waals surface area contributed by atoms with Gasteiger partial charge in [0, 0.05) is 35.2 Å². The number of benzene rings is 3. The first-order valence-corrected chi connectivity index (χ1v) is 14.0. The number of rotatable bonds is 7. The Balaban J connectivity index is 1.20. The lowest BCUT2D eigenvalue weighted by Gasteiger charge is -2.18. The number of aromatic nitrogens is 2. The van der Waals surface area contributed by atoms with Crippen molar-refractivity contribution in [2.24, 2.45) is 5.73 Å². The highest BCUT2D eigenvalue weighted by molar-refractivity contribution is 6.07. The van der Waals surface area contributed by atoms with Gasteiger partial charge in [0.1, 0.15) is 17.2 Å². The van der Waals surface area contributed by atoms with Crippen molar-refractivity contribution in [1.82, 2.24) is 15.3 Å². The number of furan rings is 1. The number of carbonyl (C=O) groups excluding carboxylic acids is 2. The summed E-state index contributed by atoms with van der Waals surface area (Å²) in [4.78, 5) is 35.1. The van der Waals surface area contributed by atoms with Crippen molar-refractivity contribution < 1.29 is 18.4 Å². The van der Waals surface area contributed by atoms with Gasteiger partial charge < -0.3 is 15.5 Å². The molecular weight excluding hydrogens is 543 g/mol. The number of pyridine rings is 2. The maximum absolute atomic E-state index is 13.5. The molecule has 0 unspecified atom stereocenters. The molecule has 0 aliphatic heterocycles. The Morgan fingerprint density at radius 2 is 1.81 bits per heavy atom. The molecule has 7 rings (SSSR count). The highest BCUT2D eigenvalue weighted by Gasteiger charge is 2.47. The van der Waals surface area contributed by atoms with Gasteiger partial charge in [-0.3, -0.25) is 19.6 Å². The molecule has 1 aliphatic rings. The lowest BCUT2D eigenvalue weighted by atomic mass is 9.95. The summed E-state index contributed by atoms with van der Waals surface area (Å²) in [6, 6.07) is 23.0. The van der Waals surface area contributed by atoms with Crippen LogP contribution in [0.25, 0.3) is 33.0 Å². The second kappa shape index (κ2) is 10.2. The molecule has 1 saturated carbocycles. The molecule has 8 heteroatoms. The number of aryl methyl sites for hydroxylation is 1. The molecule has 212 valence electrons. The molecule has 1 aliphatic carbocycles. The van der Waals surface area contributed by atoms with Crippen molar-refractivity contribution in [1.29, 1.82) is 0 Å². The summed E-state index contributed by atoms with van der Waals surface area (Å²) in [5.74, 6) is -0.704. The van der Waals surface area contributed by atoms with Crippen LogP contribution in [-0.4, -0.2) is 21.8 Å². The van der Waals surface area contributed by atoms with E-state index in [9.17, 15) is 14.0 Å². The summed E-state index contributed by atoms with van der Waals surface area (Å²) in [6.07, 6.45) is 5.41. The molecule has 2 amide bonds. The van der Waals surface area contributed by atoms with Crippen LogP contribution in [0.15, 0.2) is 95.7 Å². The van der Waals surface area contributed by atoms with E-state index in [-0.39, 0.29) is 11.7 Å². The smallest absolute Gasteiger partial charge is 0.252 e. The van der Waals surface area contributed by atoms with Crippen LogP contribution in [0, 0.1) is 12.7 Å². The van der Waals surface area contributed by atoms with E-state index < -0.39 is 11.4 Å². The molecule has 0 radical (unpaired) electrons. The molecule has 3 heterocycles. The third kappa shape index (κ3) is 4.91. The molecule has 3 aromatic heterocycles. The van der Waals surface area contributed by atoms with E-state index in [0.29, 0.717) is 34.3 Å². The van der Waals surface area contributed by atoms with Crippen molar-refractivity contribution >= 4 is 33.7 Å². The summed E-state index contributed by atoms with van der Waals surface area (Å²) in [5.41, 5.74) is 11.8. The molecule has 0 bridgehead atoms. The van der Waals surface area contributed by atoms with E-state index >= 15 is 0 Å².